The number of hydrazine groups is 1. The minimum atomic E-state index is -0.353. The Hall–Kier alpha value is -0.640. The topological polar surface area (TPSA) is 38.0 Å². The smallest absolute Gasteiger partial charge is 0.142 e. The summed E-state index contributed by atoms with van der Waals surface area (Å²) in [5.74, 6) is 6.15. The van der Waals surface area contributed by atoms with Gasteiger partial charge in [0, 0.05) is 6.04 Å². The zero-order valence-corrected chi connectivity index (χ0v) is 13.7. The normalized spacial score (nSPS) is 19.1. The quantitative estimate of drug-likeness (QED) is 0.601. The van der Waals surface area contributed by atoms with E-state index in [-0.39, 0.29) is 22.3 Å². The third-order valence-electron chi connectivity index (χ3n) is 4.78. The predicted octanol–water partition coefficient (Wildman–Crippen LogP) is 4.46. The van der Waals surface area contributed by atoms with Crippen LogP contribution in [0, 0.1) is 17.2 Å². The fraction of sp³-hybridized carbons (Fsp3) is 0.647. The van der Waals surface area contributed by atoms with Crippen molar-refractivity contribution in [3.05, 3.63) is 34.6 Å². The van der Waals surface area contributed by atoms with Crippen LogP contribution in [-0.2, 0) is 6.42 Å². The first-order valence-electron chi connectivity index (χ1n) is 7.87. The zero-order chi connectivity index (χ0) is 15.5. The standard InChI is InChI=1S/C17H26ClFN2/c1-12(2)11-17(7-3-4-8-17)16(21-20)10-13-5-6-14(18)15(19)9-13/h5-6,9,12,16,21H,3-4,7-8,10-11,20H2,1-2H3. The molecule has 1 aliphatic carbocycles. The van der Waals surface area contributed by atoms with Crippen molar-refractivity contribution in [2.24, 2.45) is 17.2 Å². The fourth-order valence-electron chi connectivity index (χ4n) is 3.94. The van der Waals surface area contributed by atoms with Crippen LogP contribution in [0.25, 0.3) is 0 Å². The monoisotopic (exact) mass is 312 g/mol. The molecule has 118 valence electrons. The van der Waals surface area contributed by atoms with E-state index in [2.05, 4.69) is 19.3 Å². The van der Waals surface area contributed by atoms with Crippen molar-refractivity contribution in [3.63, 3.8) is 0 Å². The van der Waals surface area contributed by atoms with Gasteiger partial charge in [0.2, 0.25) is 0 Å². The molecule has 2 nitrogen and oxygen atoms in total. The Balaban J connectivity index is 2.18. The molecule has 0 saturated heterocycles. The summed E-state index contributed by atoms with van der Waals surface area (Å²) in [4.78, 5) is 0. The van der Waals surface area contributed by atoms with Gasteiger partial charge in [-0.25, -0.2) is 4.39 Å². The van der Waals surface area contributed by atoms with Crippen LogP contribution in [0.3, 0.4) is 0 Å². The highest BCUT2D eigenvalue weighted by molar-refractivity contribution is 6.30. The Morgan fingerprint density at radius 1 is 1.33 bits per heavy atom. The van der Waals surface area contributed by atoms with Crippen molar-refractivity contribution >= 4 is 11.6 Å². The summed E-state index contributed by atoms with van der Waals surface area (Å²) in [6.07, 6.45) is 6.85. The molecular weight excluding hydrogens is 287 g/mol. The molecule has 1 fully saturated rings. The minimum Gasteiger partial charge on any atom is -0.271 e. The average Bonchev–Trinajstić information content (AvgIpc) is 2.88. The lowest BCUT2D eigenvalue weighted by atomic mass is 9.71. The molecule has 2 rings (SSSR count). The van der Waals surface area contributed by atoms with Crippen LogP contribution in [-0.4, -0.2) is 6.04 Å². The fourth-order valence-corrected chi connectivity index (χ4v) is 4.06. The number of halogens is 2. The van der Waals surface area contributed by atoms with Crippen LogP contribution in [0.1, 0.15) is 51.5 Å². The minimum absolute atomic E-state index is 0.175. The second-order valence-corrected chi connectivity index (χ2v) is 7.25. The molecule has 0 heterocycles. The first-order valence-corrected chi connectivity index (χ1v) is 8.25. The summed E-state index contributed by atoms with van der Waals surface area (Å²) in [6.45, 7) is 4.52. The van der Waals surface area contributed by atoms with Crippen LogP contribution in [0.15, 0.2) is 18.2 Å². The third kappa shape index (κ3) is 3.97. The number of hydrogen-bond donors (Lipinski definition) is 2. The molecule has 0 aromatic heterocycles. The van der Waals surface area contributed by atoms with Gasteiger partial charge in [-0.15, -0.1) is 0 Å². The summed E-state index contributed by atoms with van der Waals surface area (Å²) in [5, 5.41) is 0.175. The van der Waals surface area contributed by atoms with Gasteiger partial charge < -0.3 is 0 Å². The van der Waals surface area contributed by atoms with Gasteiger partial charge in [0.25, 0.3) is 0 Å². The third-order valence-corrected chi connectivity index (χ3v) is 5.08. The van der Waals surface area contributed by atoms with Crippen molar-refractivity contribution in [2.45, 2.75) is 58.4 Å². The number of rotatable bonds is 6. The Morgan fingerprint density at radius 2 is 2.00 bits per heavy atom. The van der Waals surface area contributed by atoms with Gasteiger partial charge in [-0.05, 0) is 54.7 Å². The lowest BCUT2D eigenvalue weighted by Gasteiger charge is -2.39. The maximum atomic E-state index is 13.6. The van der Waals surface area contributed by atoms with E-state index >= 15 is 0 Å². The molecule has 1 saturated carbocycles. The highest BCUT2D eigenvalue weighted by atomic mass is 35.5. The molecule has 1 aromatic carbocycles. The molecule has 4 heteroatoms. The lowest BCUT2D eigenvalue weighted by molar-refractivity contribution is 0.154. The summed E-state index contributed by atoms with van der Waals surface area (Å²) >= 11 is 5.76. The van der Waals surface area contributed by atoms with Crippen LogP contribution >= 0.6 is 11.6 Å². The van der Waals surface area contributed by atoms with Gasteiger partial charge in [-0.3, -0.25) is 11.3 Å². The van der Waals surface area contributed by atoms with Crippen LogP contribution in [0.4, 0.5) is 4.39 Å². The Kier molecular flexibility index (Phi) is 5.64. The van der Waals surface area contributed by atoms with Crippen molar-refractivity contribution < 1.29 is 4.39 Å². The van der Waals surface area contributed by atoms with Gasteiger partial charge in [0.05, 0.1) is 5.02 Å². The van der Waals surface area contributed by atoms with Gasteiger partial charge in [0.15, 0.2) is 0 Å². The second-order valence-electron chi connectivity index (χ2n) is 6.84. The first kappa shape index (κ1) is 16.7. The first-order chi connectivity index (χ1) is 9.97. The SMILES string of the molecule is CC(C)CC1(C(Cc2ccc(Cl)c(F)c2)NN)CCCC1. The molecule has 0 amide bonds. The molecule has 0 aliphatic heterocycles. The molecular formula is C17H26ClFN2. The molecule has 1 aliphatic rings. The van der Waals surface area contributed by atoms with Crippen molar-refractivity contribution in [3.8, 4) is 0 Å². The largest absolute Gasteiger partial charge is 0.271 e. The highest BCUT2D eigenvalue weighted by Gasteiger charge is 2.41. The summed E-state index contributed by atoms with van der Waals surface area (Å²) in [5.41, 5.74) is 4.21. The highest BCUT2D eigenvalue weighted by Crippen LogP contribution is 2.46. The lowest BCUT2D eigenvalue weighted by Crippen LogP contribution is -2.49. The van der Waals surface area contributed by atoms with Gasteiger partial charge in [0.1, 0.15) is 5.82 Å². The molecule has 0 radical (unpaired) electrons. The van der Waals surface area contributed by atoms with E-state index in [4.69, 9.17) is 17.4 Å². The Labute approximate surface area is 132 Å². The van der Waals surface area contributed by atoms with Gasteiger partial charge in [-0.2, -0.15) is 0 Å². The predicted molar refractivity (Wildman–Crippen MR) is 86.6 cm³/mol. The van der Waals surface area contributed by atoms with Gasteiger partial charge in [-0.1, -0.05) is 44.4 Å². The van der Waals surface area contributed by atoms with Crippen molar-refractivity contribution in [2.75, 3.05) is 0 Å². The molecule has 1 atom stereocenters. The molecule has 3 N–H and O–H groups in total. The maximum Gasteiger partial charge on any atom is 0.142 e. The molecule has 0 spiro atoms. The average molecular weight is 313 g/mol. The molecule has 0 bridgehead atoms. The van der Waals surface area contributed by atoms with E-state index in [0.29, 0.717) is 5.92 Å². The van der Waals surface area contributed by atoms with Crippen LogP contribution in [0.2, 0.25) is 5.02 Å². The molecule has 1 unspecified atom stereocenters. The number of hydrogen-bond acceptors (Lipinski definition) is 2. The summed E-state index contributed by atoms with van der Waals surface area (Å²) in [7, 11) is 0. The summed E-state index contributed by atoms with van der Waals surface area (Å²) < 4.78 is 13.6. The second kappa shape index (κ2) is 7.08. The maximum absolute atomic E-state index is 13.6. The van der Waals surface area contributed by atoms with Gasteiger partial charge >= 0.3 is 0 Å². The van der Waals surface area contributed by atoms with E-state index in [1.165, 1.54) is 31.7 Å². The number of nitrogens with one attached hydrogen (secondary N) is 1. The summed E-state index contributed by atoms with van der Waals surface area (Å²) in [6, 6.07) is 5.24. The Bertz CT molecular complexity index is 470. The van der Waals surface area contributed by atoms with E-state index in [0.717, 1.165) is 18.4 Å². The Morgan fingerprint density at radius 3 is 2.52 bits per heavy atom. The van der Waals surface area contributed by atoms with Crippen molar-refractivity contribution in [1.29, 1.82) is 0 Å². The van der Waals surface area contributed by atoms with Crippen LogP contribution < -0.4 is 11.3 Å². The number of benzene rings is 1. The van der Waals surface area contributed by atoms with Crippen molar-refractivity contribution in [1.82, 2.24) is 5.43 Å². The van der Waals surface area contributed by atoms with Crippen LogP contribution in [0.5, 0.6) is 0 Å². The van der Waals surface area contributed by atoms with E-state index in [1.54, 1.807) is 6.07 Å². The molecule has 1 aromatic rings. The zero-order valence-electron chi connectivity index (χ0n) is 13.0. The van der Waals surface area contributed by atoms with E-state index < -0.39 is 0 Å². The van der Waals surface area contributed by atoms with E-state index in [1.807, 2.05) is 6.07 Å². The number of nitrogens with two attached hydrogens (primary N) is 1. The molecule has 21 heavy (non-hydrogen) atoms. The van der Waals surface area contributed by atoms with E-state index in [9.17, 15) is 4.39 Å².